The van der Waals surface area contributed by atoms with Crippen LogP contribution in [0.25, 0.3) is 0 Å². The Morgan fingerprint density at radius 3 is 3.25 bits per heavy atom. The van der Waals surface area contributed by atoms with Gasteiger partial charge in [-0.25, -0.2) is 0 Å². The third kappa shape index (κ3) is 3.30. The molecule has 0 spiro atoms. The zero-order valence-electron chi connectivity index (χ0n) is 10.4. The van der Waals surface area contributed by atoms with Crippen molar-refractivity contribution in [3.8, 4) is 0 Å². The van der Waals surface area contributed by atoms with Crippen molar-refractivity contribution in [2.45, 2.75) is 32.2 Å². The van der Waals surface area contributed by atoms with Gasteiger partial charge in [0.2, 0.25) is 0 Å². The quantitative estimate of drug-likeness (QED) is 0.715. The highest BCUT2D eigenvalue weighted by Gasteiger charge is 2.22. The maximum absolute atomic E-state index is 5.43. The number of nitrogens with one attached hydrogen (secondary N) is 1. The predicted octanol–water partition coefficient (Wildman–Crippen LogP) is 1.41. The van der Waals surface area contributed by atoms with Gasteiger partial charge in [-0.2, -0.15) is 0 Å². The van der Waals surface area contributed by atoms with Crippen LogP contribution in [0.2, 0.25) is 0 Å². The average molecular weight is 224 g/mol. The zero-order chi connectivity index (χ0) is 11.2. The van der Waals surface area contributed by atoms with E-state index in [9.17, 15) is 0 Å². The Morgan fingerprint density at radius 1 is 1.56 bits per heavy atom. The van der Waals surface area contributed by atoms with Gasteiger partial charge in [0.05, 0.1) is 13.2 Å². The summed E-state index contributed by atoms with van der Waals surface area (Å²) in [5, 5.41) is 3.57. The van der Waals surface area contributed by atoms with Gasteiger partial charge in [-0.1, -0.05) is 13.0 Å². The first-order valence-corrected chi connectivity index (χ1v) is 6.60. The first-order chi connectivity index (χ1) is 7.90. The molecule has 0 aromatic carbocycles. The van der Waals surface area contributed by atoms with Crippen LogP contribution in [-0.4, -0.2) is 50.3 Å². The molecular weight excluding hydrogens is 200 g/mol. The van der Waals surface area contributed by atoms with E-state index in [0.29, 0.717) is 0 Å². The minimum atomic E-state index is 0.759. The summed E-state index contributed by atoms with van der Waals surface area (Å²) in [4.78, 5) is 2.58. The molecule has 1 fully saturated rings. The molecule has 0 saturated carbocycles. The average Bonchev–Trinajstić information content (AvgIpc) is 2.78. The van der Waals surface area contributed by atoms with Gasteiger partial charge in [-0.3, -0.25) is 4.90 Å². The molecule has 1 unspecified atom stereocenters. The van der Waals surface area contributed by atoms with Gasteiger partial charge >= 0.3 is 0 Å². The summed E-state index contributed by atoms with van der Waals surface area (Å²) in [5.74, 6) is 0. The Bertz CT molecular complexity index is 240. The van der Waals surface area contributed by atoms with Crippen molar-refractivity contribution < 1.29 is 4.74 Å². The van der Waals surface area contributed by atoms with Crippen LogP contribution in [0.4, 0.5) is 0 Å². The summed E-state index contributed by atoms with van der Waals surface area (Å²) >= 11 is 0. The predicted molar refractivity (Wildman–Crippen MR) is 66.7 cm³/mol. The van der Waals surface area contributed by atoms with Crippen LogP contribution in [0.1, 0.15) is 26.2 Å². The molecule has 16 heavy (non-hydrogen) atoms. The lowest BCUT2D eigenvalue weighted by Crippen LogP contribution is -2.38. The lowest BCUT2D eigenvalue weighted by atomic mass is 10.2. The SMILES string of the molecule is CCN1CCCC1CNCC1=CCCOC1. The molecule has 0 aromatic heterocycles. The van der Waals surface area contributed by atoms with E-state index in [0.717, 1.165) is 38.8 Å². The highest BCUT2D eigenvalue weighted by atomic mass is 16.5. The summed E-state index contributed by atoms with van der Waals surface area (Å²) in [5.41, 5.74) is 1.42. The second-order valence-electron chi connectivity index (χ2n) is 4.76. The van der Waals surface area contributed by atoms with Crippen LogP contribution >= 0.6 is 0 Å². The van der Waals surface area contributed by atoms with Crippen molar-refractivity contribution in [1.29, 1.82) is 0 Å². The van der Waals surface area contributed by atoms with Crippen LogP contribution in [0, 0.1) is 0 Å². The number of rotatable bonds is 5. The van der Waals surface area contributed by atoms with Gasteiger partial charge in [0.1, 0.15) is 0 Å². The number of nitrogens with zero attached hydrogens (tertiary/aromatic N) is 1. The molecule has 2 rings (SSSR count). The molecule has 1 saturated heterocycles. The molecule has 0 aliphatic carbocycles. The Balaban J connectivity index is 1.65. The van der Waals surface area contributed by atoms with Gasteiger partial charge in [0, 0.05) is 19.1 Å². The number of ether oxygens (including phenoxy) is 1. The van der Waals surface area contributed by atoms with Crippen molar-refractivity contribution in [2.75, 3.05) is 39.4 Å². The molecule has 92 valence electrons. The van der Waals surface area contributed by atoms with Crippen LogP contribution in [0.3, 0.4) is 0 Å². The normalized spacial score (nSPS) is 27.1. The van der Waals surface area contributed by atoms with E-state index in [-0.39, 0.29) is 0 Å². The maximum atomic E-state index is 5.43. The Morgan fingerprint density at radius 2 is 2.50 bits per heavy atom. The largest absolute Gasteiger partial charge is 0.377 e. The number of likely N-dealkylation sites (N-methyl/N-ethyl adjacent to an activating group) is 1. The summed E-state index contributed by atoms with van der Waals surface area (Å²) in [6.45, 7) is 8.60. The van der Waals surface area contributed by atoms with Crippen LogP contribution in [-0.2, 0) is 4.74 Å². The van der Waals surface area contributed by atoms with Crippen molar-refractivity contribution in [3.05, 3.63) is 11.6 Å². The van der Waals surface area contributed by atoms with Crippen molar-refractivity contribution in [3.63, 3.8) is 0 Å². The highest BCUT2D eigenvalue weighted by Crippen LogP contribution is 2.15. The minimum absolute atomic E-state index is 0.759. The monoisotopic (exact) mass is 224 g/mol. The molecule has 1 atom stereocenters. The summed E-state index contributed by atoms with van der Waals surface area (Å²) < 4.78 is 5.43. The van der Waals surface area contributed by atoms with E-state index in [1.807, 2.05) is 0 Å². The maximum Gasteiger partial charge on any atom is 0.0689 e. The number of hydrogen-bond donors (Lipinski definition) is 1. The molecular formula is C13H24N2O. The van der Waals surface area contributed by atoms with Crippen molar-refractivity contribution >= 4 is 0 Å². The van der Waals surface area contributed by atoms with E-state index in [2.05, 4.69) is 23.2 Å². The zero-order valence-corrected chi connectivity index (χ0v) is 10.4. The first-order valence-electron chi connectivity index (χ1n) is 6.60. The minimum Gasteiger partial charge on any atom is -0.377 e. The fourth-order valence-corrected chi connectivity index (χ4v) is 2.67. The number of likely N-dealkylation sites (tertiary alicyclic amines) is 1. The molecule has 0 amide bonds. The molecule has 1 N–H and O–H groups in total. The van der Waals surface area contributed by atoms with Crippen molar-refractivity contribution in [2.24, 2.45) is 0 Å². The van der Waals surface area contributed by atoms with Gasteiger partial charge in [-0.05, 0) is 37.9 Å². The summed E-state index contributed by atoms with van der Waals surface area (Å²) in [6.07, 6.45) is 6.13. The van der Waals surface area contributed by atoms with Crippen molar-refractivity contribution in [1.82, 2.24) is 10.2 Å². The fourth-order valence-electron chi connectivity index (χ4n) is 2.67. The first kappa shape index (κ1) is 12.1. The Hall–Kier alpha value is -0.380. The highest BCUT2D eigenvalue weighted by molar-refractivity contribution is 5.06. The van der Waals surface area contributed by atoms with Gasteiger partial charge in [0.15, 0.2) is 0 Å². The fraction of sp³-hybridized carbons (Fsp3) is 0.846. The topological polar surface area (TPSA) is 24.5 Å². The molecule has 0 radical (unpaired) electrons. The Labute approximate surface area is 98.8 Å². The van der Waals surface area contributed by atoms with E-state index in [1.165, 1.54) is 31.5 Å². The van der Waals surface area contributed by atoms with E-state index in [1.54, 1.807) is 0 Å². The molecule has 2 aliphatic heterocycles. The van der Waals surface area contributed by atoms with Crippen LogP contribution in [0.15, 0.2) is 11.6 Å². The molecule has 0 bridgehead atoms. The number of hydrogen-bond acceptors (Lipinski definition) is 3. The standard InChI is InChI=1S/C13H24N2O/c1-2-15-7-3-6-13(15)10-14-9-12-5-4-8-16-11-12/h5,13-14H,2-4,6-11H2,1H3. The van der Waals surface area contributed by atoms with Gasteiger partial charge in [-0.15, -0.1) is 0 Å². The second-order valence-corrected chi connectivity index (χ2v) is 4.76. The molecule has 3 nitrogen and oxygen atoms in total. The van der Waals surface area contributed by atoms with E-state index in [4.69, 9.17) is 4.74 Å². The van der Waals surface area contributed by atoms with E-state index >= 15 is 0 Å². The van der Waals surface area contributed by atoms with E-state index < -0.39 is 0 Å². The second kappa shape index (κ2) is 6.38. The Kier molecular flexibility index (Phi) is 4.82. The van der Waals surface area contributed by atoms with Crippen LogP contribution in [0.5, 0.6) is 0 Å². The lowest BCUT2D eigenvalue weighted by Gasteiger charge is -2.23. The lowest BCUT2D eigenvalue weighted by molar-refractivity contribution is 0.148. The van der Waals surface area contributed by atoms with Gasteiger partial charge in [0.25, 0.3) is 0 Å². The molecule has 2 heterocycles. The summed E-state index contributed by atoms with van der Waals surface area (Å²) in [6, 6.07) is 0.759. The third-order valence-electron chi connectivity index (χ3n) is 3.62. The molecule has 2 aliphatic rings. The molecule has 3 heteroatoms. The van der Waals surface area contributed by atoms with Gasteiger partial charge < -0.3 is 10.1 Å². The molecule has 0 aromatic rings. The van der Waals surface area contributed by atoms with Crippen LogP contribution < -0.4 is 5.32 Å². The smallest absolute Gasteiger partial charge is 0.0689 e. The third-order valence-corrected chi connectivity index (χ3v) is 3.62. The summed E-state index contributed by atoms with van der Waals surface area (Å²) in [7, 11) is 0.